The highest BCUT2D eigenvalue weighted by Crippen LogP contribution is 2.35. The molecular weight excluding hydrogens is 406 g/mol. The maximum Gasteiger partial charge on any atom is 0.259 e. The zero-order chi connectivity index (χ0) is 22.7. The van der Waals surface area contributed by atoms with Gasteiger partial charge in [0.25, 0.3) is 11.8 Å². The van der Waals surface area contributed by atoms with Crippen LogP contribution >= 0.6 is 0 Å². The Morgan fingerprint density at radius 1 is 1.09 bits per heavy atom. The number of hydrogen-bond donors (Lipinski definition) is 1. The van der Waals surface area contributed by atoms with Gasteiger partial charge < -0.3 is 24.3 Å². The molecule has 0 spiro atoms. The van der Waals surface area contributed by atoms with Gasteiger partial charge in [-0.05, 0) is 60.7 Å². The van der Waals surface area contributed by atoms with Gasteiger partial charge in [0.1, 0.15) is 11.5 Å². The van der Waals surface area contributed by atoms with Gasteiger partial charge in [-0.25, -0.2) is 0 Å². The van der Waals surface area contributed by atoms with E-state index in [9.17, 15) is 9.59 Å². The summed E-state index contributed by atoms with van der Waals surface area (Å²) in [6.07, 6.45) is 3.90. The molecule has 0 bridgehead atoms. The molecule has 0 radical (unpaired) electrons. The molecule has 0 aliphatic carbocycles. The number of fused-ring (bicyclic) bond motifs is 1. The van der Waals surface area contributed by atoms with Gasteiger partial charge in [-0.3, -0.25) is 9.59 Å². The third kappa shape index (κ3) is 4.56. The number of aromatic nitrogens is 1. The number of carbonyl (C=O) groups is 2. The molecule has 1 fully saturated rings. The van der Waals surface area contributed by atoms with Crippen molar-refractivity contribution in [2.45, 2.75) is 18.8 Å². The lowest BCUT2D eigenvalue weighted by atomic mass is 9.89. The normalized spacial score (nSPS) is 14.4. The van der Waals surface area contributed by atoms with Gasteiger partial charge in [-0.15, -0.1) is 0 Å². The van der Waals surface area contributed by atoms with Crippen LogP contribution in [-0.4, -0.2) is 67.5 Å². The van der Waals surface area contributed by atoms with E-state index in [1.165, 1.54) is 15.8 Å². The molecule has 7 heteroatoms. The van der Waals surface area contributed by atoms with Crippen LogP contribution in [0.2, 0.25) is 0 Å². The highest BCUT2D eigenvalue weighted by atomic mass is 16.5. The summed E-state index contributed by atoms with van der Waals surface area (Å²) in [6.45, 7) is 1.35. The SMILES string of the molecule is COc1ccc2[nH]cc(C3CCN(C(=O)c4cccc(OCC(=O)N(C)C)c4)CC3)c2c1. The van der Waals surface area contributed by atoms with Crippen molar-refractivity contribution in [2.24, 2.45) is 0 Å². The van der Waals surface area contributed by atoms with Crippen LogP contribution < -0.4 is 9.47 Å². The highest BCUT2D eigenvalue weighted by molar-refractivity contribution is 5.94. The number of likely N-dealkylation sites (tertiary alicyclic amines) is 1. The second-order valence-electron chi connectivity index (χ2n) is 8.33. The van der Waals surface area contributed by atoms with E-state index >= 15 is 0 Å². The van der Waals surface area contributed by atoms with Crippen LogP contribution in [0.15, 0.2) is 48.7 Å². The molecule has 2 aromatic carbocycles. The maximum absolute atomic E-state index is 13.1. The van der Waals surface area contributed by atoms with E-state index in [0.29, 0.717) is 30.3 Å². The summed E-state index contributed by atoms with van der Waals surface area (Å²) in [6, 6.07) is 13.1. The highest BCUT2D eigenvalue weighted by Gasteiger charge is 2.26. The summed E-state index contributed by atoms with van der Waals surface area (Å²) in [7, 11) is 5.04. The first-order valence-corrected chi connectivity index (χ1v) is 10.8. The minimum absolute atomic E-state index is 0.00608. The van der Waals surface area contributed by atoms with Crippen LogP contribution in [0.5, 0.6) is 11.5 Å². The van der Waals surface area contributed by atoms with Crippen molar-refractivity contribution < 1.29 is 19.1 Å². The number of benzene rings is 2. The van der Waals surface area contributed by atoms with Gasteiger partial charge in [0.15, 0.2) is 6.61 Å². The summed E-state index contributed by atoms with van der Waals surface area (Å²) in [4.78, 5) is 31.5. The molecule has 0 saturated carbocycles. The smallest absolute Gasteiger partial charge is 0.259 e. The minimum atomic E-state index is -0.126. The molecule has 1 aromatic heterocycles. The van der Waals surface area contributed by atoms with Crippen molar-refractivity contribution in [3.63, 3.8) is 0 Å². The predicted octanol–water partition coefficient (Wildman–Crippen LogP) is 3.66. The molecule has 1 saturated heterocycles. The lowest BCUT2D eigenvalue weighted by Crippen LogP contribution is -2.37. The van der Waals surface area contributed by atoms with E-state index in [2.05, 4.69) is 17.2 Å². The molecule has 32 heavy (non-hydrogen) atoms. The minimum Gasteiger partial charge on any atom is -0.497 e. The number of rotatable bonds is 6. The summed E-state index contributed by atoms with van der Waals surface area (Å²) in [5.74, 6) is 1.63. The number of aromatic amines is 1. The van der Waals surface area contributed by atoms with Gasteiger partial charge >= 0.3 is 0 Å². The van der Waals surface area contributed by atoms with Gasteiger partial charge in [-0.2, -0.15) is 0 Å². The van der Waals surface area contributed by atoms with Crippen molar-refractivity contribution in [2.75, 3.05) is 40.9 Å². The topological polar surface area (TPSA) is 74.9 Å². The molecule has 1 aliphatic heterocycles. The lowest BCUT2D eigenvalue weighted by Gasteiger charge is -2.32. The number of piperidine rings is 1. The standard InChI is InChI=1S/C25H29N3O4/c1-27(2)24(29)16-32-20-6-4-5-18(13-20)25(30)28-11-9-17(10-12-28)22-15-26-23-8-7-19(31-3)14-21(22)23/h4-8,13-15,17,26H,9-12,16H2,1-3H3. The molecule has 3 aromatic rings. The summed E-state index contributed by atoms with van der Waals surface area (Å²) in [5, 5.41) is 1.19. The first-order chi connectivity index (χ1) is 15.5. The lowest BCUT2D eigenvalue weighted by molar-refractivity contribution is -0.130. The third-order valence-corrected chi connectivity index (χ3v) is 6.09. The van der Waals surface area contributed by atoms with E-state index in [4.69, 9.17) is 9.47 Å². The molecular formula is C25H29N3O4. The van der Waals surface area contributed by atoms with Crippen LogP contribution in [0, 0.1) is 0 Å². The Kier molecular flexibility index (Phi) is 6.35. The summed E-state index contributed by atoms with van der Waals surface area (Å²) >= 11 is 0. The van der Waals surface area contributed by atoms with Crippen LogP contribution in [0.1, 0.15) is 34.7 Å². The largest absolute Gasteiger partial charge is 0.497 e. The van der Waals surface area contributed by atoms with Crippen LogP contribution in [0.4, 0.5) is 0 Å². The second-order valence-corrected chi connectivity index (χ2v) is 8.33. The Bertz CT molecular complexity index is 1110. The van der Waals surface area contributed by atoms with E-state index < -0.39 is 0 Å². The molecule has 4 rings (SSSR count). The van der Waals surface area contributed by atoms with Crippen LogP contribution in [0.3, 0.4) is 0 Å². The Hall–Kier alpha value is -3.48. The van der Waals surface area contributed by atoms with Crippen molar-refractivity contribution in [3.8, 4) is 11.5 Å². The average Bonchev–Trinajstić information content (AvgIpc) is 3.25. The number of nitrogens with zero attached hydrogens (tertiary/aromatic N) is 2. The number of nitrogens with one attached hydrogen (secondary N) is 1. The predicted molar refractivity (Wildman–Crippen MR) is 123 cm³/mol. The number of methoxy groups -OCH3 is 1. The quantitative estimate of drug-likeness (QED) is 0.641. The second kappa shape index (κ2) is 9.34. The fraction of sp³-hybridized carbons (Fsp3) is 0.360. The maximum atomic E-state index is 13.1. The Morgan fingerprint density at radius 2 is 1.88 bits per heavy atom. The van der Waals surface area contributed by atoms with E-state index in [-0.39, 0.29) is 18.4 Å². The van der Waals surface area contributed by atoms with E-state index in [0.717, 1.165) is 24.1 Å². The molecule has 2 amide bonds. The number of likely N-dealkylation sites (N-methyl/N-ethyl adjacent to an activating group) is 1. The molecule has 0 atom stereocenters. The fourth-order valence-electron chi connectivity index (χ4n) is 4.16. The Morgan fingerprint density at radius 3 is 2.59 bits per heavy atom. The summed E-state index contributed by atoms with van der Waals surface area (Å²) < 4.78 is 10.9. The van der Waals surface area contributed by atoms with Crippen molar-refractivity contribution in [3.05, 3.63) is 59.8 Å². The molecule has 0 unspecified atom stereocenters. The number of hydrogen-bond acceptors (Lipinski definition) is 4. The molecule has 168 valence electrons. The number of H-pyrrole nitrogens is 1. The number of carbonyl (C=O) groups excluding carboxylic acids is 2. The van der Waals surface area contributed by atoms with Gasteiger partial charge in [0, 0.05) is 49.8 Å². The zero-order valence-electron chi connectivity index (χ0n) is 18.8. The third-order valence-electron chi connectivity index (χ3n) is 6.09. The Labute approximate surface area is 187 Å². The zero-order valence-corrected chi connectivity index (χ0v) is 18.8. The van der Waals surface area contributed by atoms with Gasteiger partial charge in [0.05, 0.1) is 7.11 Å². The van der Waals surface area contributed by atoms with Gasteiger partial charge in [-0.1, -0.05) is 6.07 Å². The molecule has 2 heterocycles. The summed E-state index contributed by atoms with van der Waals surface area (Å²) in [5.41, 5.74) is 2.96. The fourth-order valence-corrected chi connectivity index (χ4v) is 4.16. The molecule has 7 nitrogen and oxygen atoms in total. The van der Waals surface area contributed by atoms with Gasteiger partial charge in [0.2, 0.25) is 0 Å². The molecule has 1 aliphatic rings. The first kappa shape index (κ1) is 21.7. The van der Waals surface area contributed by atoms with E-state index in [1.54, 1.807) is 45.5 Å². The van der Waals surface area contributed by atoms with Crippen molar-refractivity contribution in [1.29, 1.82) is 0 Å². The molecule has 1 N–H and O–H groups in total. The van der Waals surface area contributed by atoms with Crippen molar-refractivity contribution >= 4 is 22.7 Å². The van der Waals surface area contributed by atoms with E-state index in [1.807, 2.05) is 17.0 Å². The number of ether oxygens (including phenoxy) is 2. The average molecular weight is 436 g/mol. The van der Waals surface area contributed by atoms with Crippen molar-refractivity contribution in [1.82, 2.24) is 14.8 Å². The number of amides is 2. The monoisotopic (exact) mass is 435 g/mol. The first-order valence-electron chi connectivity index (χ1n) is 10.8. The van der Waals surface area contributed by atoms with Crippen LogP contribution in [-0.2, 0) is 4.79 Å². The Balaban J connectivity index is 1.40. The van der Waals surface area contributed by atoms with Crippen LogP contribution in [0.25, 0.3) is 10.9 Å².